The Hall–Kier alpha value is -0.650. The van der Waals surface area contributed by atoms with Gasteiger partial charge in [0.05, 0.1) is 13.2 Å². The fourth-order valence-corrected chi connectivity index (χ4v) is 1.76. The summed E-state index contributed by atoms with van der Waals surface area (Å²) >= 11 is 0. The minimum atomic E-state index is -0.778. The van der Waals surface area contributed by atoms with Crippen LogP contribution in [0.5, 0.6) is 0 Å². The van der Waals surface area contributed by atoms with Gasteiger partial charge in [0.1, 0.15) is 0 Å². The van der Waals surface area contributed by atoms with Crippen molar-refractivity contribution in [2.75, 3.05) is 33.4 Å². The van der Waals surface area contributed by atoms with Crippen molar-refractivity contribution in [3.63, 3.8) is 0 Å². The fourth-order valence-electron chi connectivity index (χ4n) is 1.76. The molecule has 1 aliphatic heterocycles. The van der Waals surface area contributed by atoms with Gasteiger partial charge in [-0.1, -0.05) is 0 Å². The Balaban J connectivity index is 2.49. The highest BCUT2D eigenvalue weighted by molar-refractivity contribution is 5.69. The van der Waals surface area contributed by atoms with E-state index < -0.39 is 5.97 Å². The number of carboxylic acids is 1. The molecule has 14 heavy (non-hydrogen) atoms. The number of rotatable bonds is 4. The number of carboxylic acid groups (broad SMARTS) is 1. The van der Waals surface area contributed by atoms with Crippen LogP contribution in [0, 0.1) is 0 Å². The zero-order valence-electron chi connectivity index (χ0n) is 8.69. The minimum Gasteiger partial charge on any atom is -0.480 e. The van der Waals surface area contributed by atoms with Gasteiger partial charge in [0.15, 0.2) is 0 Å². The number of nitrogens with zero attached hydrogens (tertiary/aromatic N) is 1. The van der Waals surface area contributed by atoms with E-state index in [2.05, 4.69) is 12.2 Å². The lowest BCUT2D eigenvalue weighted by molar-refractivity contribution is -0.139. The molecule has 1 saturated heterocycles. The second-order valence-electron chi connectivity index (χ2n) is 3.74. The zero-order chi connectivity index (χ0) is 10.6. The summed E-state index contributed by atoms with van der Waals surface area (Å²) in [6, 6.07) is 0.523. The van der Waals surface area contributed by atoms with Gasteiger partial charge in [-0.15, -0.1) is 0 Å². The maximum absolute atomic E-state index is 10.6. The van der Waals surface area contributed by atoms with Gasteiger partial charge in [-0.05, 0) is 6.92 Å². The quantitative estimate of drug-likeness (QED) is 0.636. The average Bonchev–Trinajstić information content (AvgIpc) is 2.09. The van der Waals surface area contributed by atoms with Crippen LogP contribution in [0.15, 0.2) is 0 Å². The Morgan fingerprint density at radius 2 is 2.43 bits per heavy atom. The molecule has 0 aromatic heterocycles. The minimum absolute atomic E-state index is 0.0973. The molecule has 2 atom stereocenters. The summed E-state index contributed by atoms with van der Waals surface area (Å²) in [7, 11) is 1.64. The van der Waals surface area contributed by atoms with Gasteiger partial charge in [-0.2, -0.15) is 0 Å². The van der Waals surface area contributed by atoms with E-state index in [4.69, 9.17) is 9.84 Å². The molecule has 1 aliphatic rings. The summed E-state index contributed by atoms with van der Waals surface area (Å²) in [5.74, 6) is -0.778. The second-order valence-corrected chi connectivity index (χ2v) is 3.74. The lowest BCUT2D eigenvalue weighted by atomic mass is 10.1. The topological polar surface area (TPSA) is 61.8 Å². The monoisotopic (exact) mass is 202 g/mol. The van der Waals surface area contributed by atoms with Crippen LogP contribution < -0.4 is 5.32 Å². The molecule has 0 unspecified atom stereocenters. The highest BCUT2D eigenvalue weighted by Crippen LogP contribution is 2.06. The lowest BCUT2D eigenvalue weighted by Gasteiger charge is -2.37. The van der Waals surface area contributed by atoms with E-state index in [0.29, 0.717) is 12.6 Å². The Morgan fingerprint density at radius 1 is 1.71 bits per heavy atom. The second kappa shape index (κ2) is 5.29. The summed E-state index contributed by atoms with van der Waals surface area (Å²) in [6.45, 7) is 4.29. The Morgan fingerprint density at radius 3 is 3.00 bits per heavy atom. The Kier molecular flexibility index (Phi) is 4.31. The molecule has 0 saturated carbocycles. The van der Waals surface area contributed by atoms with Crippen LogP contribution in [0.25, 0.3) is 0 Å². The maximum atomic E-state index is 10.6. The third kappa shape index (κ3) is 3.25. The van der Waals surface area contributed by atoms with E-state index in [9.17, 15) is 4.79 Å². The Labute approximate surface area is 84.0 Å². The van der Waals surface area contributed by atoms with Crippen molar-refractivity contribution < 1.29 is 14.6 Å². The maximum Gasteiger partial charge on any atom is 0.317 e. The van der Waals surface area contributed by atoms with Crippen molar-refractivity contribution in [3.05, 3.63) is 0 Å². The van der Waals surface area contributed by atoms with Crippen LogP contribution in [0.4, 0.5) is 0 Å². The number of hydrogen-bond acceptors (Lipinski definition) is 4. The lowest BCUT2D eigenvalue weighted by Crippen LogP contribution is -2.58. The molecule has 1 fully saturated rings. The first-order valence-corrected chi connectivity index (χ1v) is 4.81. The summed E-state index contributed by atoms with van der Waals surface area (Å²) in [4.78, 5) is 12.6. The van der Waals surface area contributed by atoms with Gasteiger partial charge in [0.2, 0.25) is 0 Å². The van der Waals surface area contributed by atoms with E-state index in [0.717, 1.165) is 13.1 Å². The molecule has 0 aromatic rings. The summed E-state index contributed by atoms with van der Waals surface area (Å²) in [5, 5.41) is 12.0. The number of carbonyl (C=O) groups is 1. The normalized spacial score (nSPS) is 29.0. The molecule has 5 heteroatoms. The summed E-state index contributed by atoms with van der Waals surface area (Å²) in [6.07, 6.45) is 0. The first-order chi connectivity index (χ1) is 6.63. The van der Waals surface area contributed by atoms with Crippen molar-refractivity contribution in [2.24, 2.45) is 0 Å². The van der Waals surface area contributed by atoms with Gasteiger partial charge in [-0.3, -0.25) is 9.69 Å². The highest BCUT2D eigenvalue weighted by Gasteiger charge is 2.26. The van der Waals surface area contributed by atoms with Gasteiger partial charge >= 0.3 is 5.97 Å². The van der Waals surface area contributed by atoms with E-state index in [1.165, 1.54) is 0 Å². The van der Waals surface area contributed by atoms with Gasteiger partial charge in [0, 0.05) is 32.3 Å². The molecule has 1 rings (SSSR count). The largest absolute Gasteiger partial charge is 0.480 e. The molecule has 0 radical (unpaired) electrons. The molecule has 0 aromatic carbocycles. The third-order valence-electron chi connectivity index (χ3n) is 2.42. The number of nitrogens with one attached hydrogen (secondary N) is 1. The van der Waals surface area contributed by atoms with Crippen LogP contribution >= 0.6 is 0 Å². The Bertz CT molecular complexity index is 198. The van der Waals surface area contributed by atoms with Crippen LogP contribution in [0.3, 0.4) is 0 Å². The van der Waals surface area contributed by atoms with Crippen molar-refractivity contribution in [2.45, 2.75) is 19.0 Å². The molecule has 0 spiro atoms. The van der Waals surface area contributed by atoms with Crippen molar-refractivity contribution in [3.8, 4) is 0 Å². The molecule has 2 N–H and O–H groups in total. The van der Waals surface area contributed by atoms with Gasteiger partial charge in [-0.25, -0.2) is 0 Å². The predicted molar refractivity (Wildman–Crippen MR) is 52.3 cm³/mol. The smallest absolute Gasteiger partial charge is 0.317 e. The third-order valence-corrected chi connectivity index (χ3v) is 2.42. The van der Waals surface area contributed by atoms with E-state index in [1.54, 1.807) is 7.11 Å². The van der Waals surface area contributed by atoms with Gasteiger partial charge in [0.25, 0.3) is 0 Å². The number of hydrogen-bond donors (Lipinski definition) is 2. The number of ether oxygens (including phenoxy) is 1. The van der Waals surface area contributed by atoms with Crippen molar-refractivity contribution in [1.82, 2.24) is 10.2 Å². The molecular weight excluding hydrogens is 184 g/mol. The van der Waals surface area contributed by atoms with E-state index in [1.807, 2.05) is 4.90 Å². The molecule has 5 nitrogen and oxygen atoms in total. The van der Waals surface area contributed by atoms with Crippen molar-refractivity contribution >= 4 is 5.97 Å². The predicted octanol–water partition coefficient (Wildman–Crippen LogP) is -0.620. The van der Waals surface area contributed by atoms with E-state index in [-0.39, 0.29) is 12.6 Å². The molecular formula is C9H18N2O3. The fraction of sp³-hybridized carbons (Fsp3) is 0.889. The molecule has 0 amide bonds. The standard InChI is InChI=1S/C9H18N2O3/c1-7-4-11(5-9(12)13)8(3-10-7)6-14-2/h7-8,10H,3-6H2,1-2H3,(H,12,13)/t7-,8-/m1/s1. The number of aliphatic carboxylic acids is 1. The van der Waals surface area contributed by atoms with Crippen LogP contribution in [0.2, 0.25) is 0 Å². The zero-order valence-corrected chi connectivity index (χ0v) is 8.69. The SMILES string of the molecule is COC[C@H]1CN[C@H](C)CN1CC(=O)O. The highest BCUT2D eigenvalue weighted by atomic mass is 16.5. The van der Waals surface area contributed by atoms with Gasteiger partial charge < -0.3 is 15.2 Å². The van der Waals surface area contributed by atoms with E-state index >= 15 is 0 Å². The average molecular weight is 202 g/mol. The molecule has 1 heterocycles. The number of methoxy groups -OCH3 is 1. The van der Waals surface area contributed by atoms with Crippen LogP contribution in [0.1, 0.15) is 6.92 Å². The summed E-state index contributed by atoms with van der Waals surface area (Å²) in [5.41, 5.74) is 0. The van der Waals surface area contributed by atoms with Crippen molar-refractivity contribution in [1.29, 1.82) is 0 Å². The molecule has 0 bridgehead atoms. The first-order valence-electron chi connectivity index (χ1n) is 4.81. The molecule has 82 valence electrons. The van der Waals surface area contributed by atoms with Crippen LogP contribution in [-0.2, 0) is 9.53 Å². The molecule has 0 aliphatic carbocycles. The van der Waals surface area contributed by atoms with Crippen LogP contribution in [-0.4, -0.2) is 61.4 Å². The first kappa shape index (κ1) is 11.4. The number of piperazine rings is 1. The summed E-state index contributed by atoms with van der Waals surface area (Å²) < 4.78 is 5.05.